The molecule has 6 nitrogen and oxygen atoms in total. The van der Waals surface area contributed by atoms with Crippen LogP contribution in [0.25, 0.3) is 17.1 Å². The lowest BCUT2D eigenvalue weighted by Crippen LogP contribution is -2.23. The number of imidazole rings is 1. The van der Waals surface area contributed by atoms with Crippen LogP contribution in [-0.4, -0.2) is 24.5 Å². The zero-order chi connectivity index (χ0) is 21.3. The summed E-state index contributed by atoms with van der Waals surface area (Å²) >= 11 is 0. The van der Waals surface area contributed by atoms with Crippen LogP contribution in [0, 0.1) is 23.2 Å². The maximum atomic E-state index is 14.1. The number of hydrogen-bond donors (Lipinski definition) is 0. The van der Waals surface area contributed by atoms with Gasteiger partial charge in [0, 0.05) is 11.6 Å². The summed E-state index contributed by atoms with van der Waals surface area (Å²) in [6.07, 6.45) is 3.13. The van der Waals surface area contributed by atoms with Crippen LogP contribution in [0.3, 0.4) is 0 Å². The van der Waals surface area contributed by atoms with Crippen LogP contribution in [-0.2, 0) is 5.41 Å². The van der Waals surface area contributed by atoms with Crippen molar-refractivity contribution in [1.82, 2.24) is 24.5 Å². The van der Waals surface area contributed by atoms with Gasteiger partial charge in [-0.15, -0.1) is 0 Å². The molecule has 0 saturated carbocycles. The number of aromatic nitrogens is 5. The molecular formula is C22H16F2N6. The summed E-state index contributed by atoms with van der Waals surface area (Å²) < 4.78 is 28.9. The van der Waals surface area contributed by atoms with Crippen molar-refractivity contribution in [2.75, 3.05) is 0 Å². The normalized spacial score (nSPS) is 11.3. The standard InChI is InChI=1S/C22H16F2N6/c1-22(2,18-7-4-8-20(28-18)30-12-14(11-25)26-13-30)17-6-3-5-16(27-17)15-9-10-19(23)29-21(15)24/h3-10,12-13H,1-2H3. The Labute approximate surface area is 171 Å². The van der Waals surface area contributed by atoms with E-state index in [-0.39, 0.29) is 5.56 Å². The lowest BCUT2D eigenvalue weighted by molar-refractivity contribution is 0.514. The number of nitrogens with zero attached hydrogens (tertiary/aromatic N) is 6. The molecular weight excluding hydrogens is 386 g/mol. The van der Waals surface area contributed by atoms with Crippen molar-refractivity contribution >= 4 is 0 Å². The van der Waals surface area contributed by atoms with Crippen LogP contribution >= 0.6 is 0 Å². The molecule has 8 heteroatoms. The second-order valence-corrected chi connectivity index (χ2v) is 7.16. The van der Waals surface area contributed by atoms with Crippen LogP contribution in [0.4, 0.5) is 8.78 Å². The second-order valence-electron chi connectivity index (χ2n) is 7.16. The van der Waals surface area contributed by atoms with Gasteiger partial charge in [0.2, 0.25) is 11.9 Å². The van der Waals surface area contributed by atoms with Crippen LogP contribution in [0.15, 0.2) is 61.1 Å². The second kappa shape index (κ2) is 7.44. The Balaban J connectivity index is 1.74. The van der Waals surface area contributed by atoms with Crippen molar-refractivity contribution in [3.8, 4) is 23.1 Å². The first-order valence-electron chi connectivity index (χ1n) is 9.10. The summed E-state index contributed by atoms with van der Waals surface area (Å²) in [5.74, 6) is -1.18. The molecule has 0 saturated heterocycles. The van der Waals surface area contributed by atoms with Crippen LogP contribution in [0.2, 0.25) is 0 Å². The first kappa shape index (κ1) is 19.3. The zero-order valence-electron chi connectivity index (χ0n) is 16.2. The van der Waals surface area contributed by atoms with Crippen LogP contribution < -0.4 is 0 Å². The molecule has 4 aromatic rings. The first-order valence-corrected chi connectivity index (χ1v) is 9.10. The van der Waals surface area contributed by atoms with E-state index < -0.39 is 17.3 Å². The molecule has 0 spiro atoms. The lowest BCUT2D eigenvalue weighted by Gasteiger charge is -2.24. The van der Waals surface area contributed by atoms with E-state index in [4.69, 9.17) is 10.2 Å². The lowest BCUT2D eigenvalue weighted by atomic mass is 9.84. The number of halogens is 2. The van der Waals surface area contributed by atoms with Gasteiger partial charge in [0.1, 0.15) is 18.2 Å². The average molecular weight is 402 g/mol. The van der Waals surface area contributed by atoms with Crippen molar-refractivity contribution in [2.45, 2.75) is 19.3 Å². The number of rotatable bonds is 4. The van der Waals surface area contributed by atoms with Crippen molar-refractivity contribution in [2.24, 2.45) is 0 Å². The van der Waals surface area contributed by atoms with Gasteiger partial charge in [0.15, 0.2) is 5.69 Å². The highest BCUT2D eigenvalue weighted by Gasteiger charge is 2.27. The summed E-state index contributed by atoms with van der Waals surface area (Å²) in [6.45, 7) is 3.91. The highest BCUT2D eigenvalue weighted by atomic mass is 19.1. The fraction of sp³-hybridized carbons (Fsp3) is 0.136. The third kappa shape index (κ3) is 3.53. The molecule has 0 unspecified atom stereocenters. The summed E-state index contributed by atoms with van der Waals surface area (Å²) in [5.41, 5.74) is 1.56. The molecule has 0 aromatic carbocycles. The molecule has 0 atom stereocenters. The fourth-order valence-electron chi connectivity index (χ4n) is 3.09. The maximum absolute atomic E-state index is 14.1. The molecule has 4 heterocycles. The van der Waals surface area contributed by atoms with Gasteiger partial charge in [0.05, 0.1) is 22.6 Å². The van der Waals surface area contributed by atoms with E-state index in [0.29, 0.717) is 22.9 Å². The van der Waals surface area contributed by atoms with E-state index in [1.807, 2.05) is 44.2 Å². The van der Waals surface area contributed by atoms with E-state index in [1.165, 1.54) is 12.4 Å². The van der Waals surface area contributed by atoms with Crippen molar-refractivity contribution in [1.29, 1.82) is 5.26 Å². The van der Waals surface area contributed by atoms with Gasteiger partial charge in [-0.1, -0.05) is 12.1 Å². The van der Waals surface area contributed by atoms with Gasteiger partial charge in [-0.2, -0.15) is 19.0 Å². The fourth-order valence-corrected chi connectivity index (χ4v) is 3.09. The van der Waals surface area contributed by atoms with Crippen molar-refractivity contribution in [3.63, 3.8) is 0 Å². The monoisotopic (exact) mass is 402 g/mol. The van der Waals surface area contributed by atoms with E-state index in [0.717, 1.165) is 11.8 Å². The Hall–Kier alpha value is -3.99. The summed E-state index contributed by atoms with van der Waals surface area (Å²) in [6, 6.07) is 15.2. The Morgan fingerprint density at radius 3 is 2.37 bits per heavy atom. The number of hydrogen-bond acceptors (Lipinski definition) is 5. The van der Waals surface area contributed by atoms with Gasteiger partial charge in [-0.25, -0.2) is 9.97 Å². The summed E-state index contributed by atoms with van der Waals surface area (Å²) in [7, 11) is 0. The van der Waals surface area contributed by atoms with Gasteiger partial charge in [-0.3, -0.25) is 9.55 Å². The van der Waals surface area contributed by atoms with E-state index in [1.54, 1.807) is 22.9 Å². The number of pyridine rings is 3. The van der Waals surface area contributed by atoms with Crippen LogP contribution in [0.5, 0.6) is 0 Å². The molecule has 0 aliphatic rings. The molecule has 0 aliphatic carbocycles. The van der Waals surface area contributed by atoms with E-state index in [2.05, 4.69) is 15.0 Å². The molecule has 0 amide bonds. The quantitative estimate of drug-likeness (QED) is 0.478. The molecule has 148 valence electrons. The Morgan fingerprint density at radius 1 is 0.933 bits per heavy atom. The molecule has 0 fully saturated rings. The minimum absolute atomic E-state index is 0.123. The van der Waals surface area contributed by atoms with E-state index in [9.17, 15) is 8.78 Å². The third-order valence-electron chi connectivity index (χ3n) is 4.82. The van der Waals surface area contributed by atoms with Gasteiger partial charge in [0.25, 0.3) is 0 Å². The molecule has 0 N–H and O–H groups in total. The zero-order valence-corrected chi connectivity index (χ0v) is 16.2. The third-order valence-corrected chi connectivity index (χ3v) is 4.82. The Morgan fingerprint density at radius 2 is 1.67 bits per heavy atom. The Bertz CT molecular complexity index is 1270. The summed E-state index contributed by atoms with van der Waals surface area (Å²) in [5, 5.41) is 8.98. The molecule has 4 rings (SSSR count). The Kier molecular flexibility index (Phi) is 4.80. The highest BCUT2D eigenvalue weighted by molar-refractivity contribution is 5.59. The SMILES string of the molecule is CC(C)(c1cccc(-c2ccc(F)nc2F)n1)c1cccc(-n2cnc(C#N)c2)n1. The largest absolute Gasteiger partial charge is 0.289 e. The number of nitriles is 1. The minimum atomic E-state index is -0.911. The minimum Gasteiger partial charge on any atom is -0.289 e. The van der Waals surface area contributed by atoms with Gasteiger partial charge >= 0.3 is 0 Å². The van der Waals surface area contributed by atoms with Gasteiger partial charge in [-0.05, 0) is 50.2 Å². The summed E-state index contributed by atoms with van der Waals surface area (Å²) in [4.78, 5) is 16.5. The molecule has 0 aliphatic heterocycles. The molecule has 0 bridgehead atoms. The molecule has 0 radical (unpaired) electrons. The predicted molar refractivity (Wildman–Crippen MR) is 106 cm³/mol. The van der Waals surface area contributed by atoms with Crippen LogP contribution in [0.1, 0.15) is 30.9 Å². The molecule has 30 heavy (non-hydrogen) atoms. The van der Waals surface area contributed by atoms with Gasteiger partial charge < -0.3 is 0 Å². The molecule has 4 aromatic heterocycles. The van der Waals surface area contributed by atoms with Crippen molar-refractivity contribution < 1.29 is 8.78 Å². The van der Waals surface area contributed by atoms with Crippen molar-refractivity contribution in [3.05, 3.63) is 90.0 Å². The maximum Gasteiger partial charge on any atom is 0.224 e. The average Bonchev–Trinajstić information content (AvgIpc) is 3.23. The first-order chi connectivity index (χ1) is 14.4. The smallest absolute Gasteiger partial charge is 0.224 e. The topological polar surface area (TPSA) is 80.3 Å². The highest BCUT2D eigenvalue weighted by Crippen LogP contribution is 2.31. The van der Waals surface area contributed by atoms with E-state index >= 15 is 0 Å². The predicted octanol–water partition coefficient (Wildman–Crippen LogP) is 4.20.